The van der Waals surface area contributed by atoms with Crippen molar-refractivity contribution in [2.75, 3.05) is 13.7 Å². The van der Waals surface area contributed by atoms with Crippen molar-refractivity contribution in [1.82, 2.24) is 5.32 Å². The maximum absolute atomic E-state index is 5.75. The van der Waals surface area contributed by atoms with Gasteiger partial charge in [0.05, 0.1) is 5.60 Å². The zero-order chi connectivity index (χ0) is 12.6. The number of unbranched alkanes of at least 4 members (excludes halogenated alkanes) is 2. The highest BCUT2D eigenvalue weighted by atomic mass is 16.5. The Morgan fingerprint density at radius 2 is 1.94 bits per heavy atom. The molecule has 1 saturated carbocycles. The number of nitrogens with one attached hydrogen (secondary N) is 1. The van der Waals surface area contributed by atoms with Crippen LogP contribution in [0.25, 0.3) is 0 Å². The van der Waals surface area contributed by atoms with Gasteiger partial charge in [0.1, 0.15) is 0 Å². The molecule has 0 amide bonds. The van der Waals surface area contributed by atoms with Gasteiger partial charge in [-0.05, 0) is 45.1 Å². The highest BCUT2D eigenvalue weighted by Crippen LogP contribution is 2.39. The first kappa shape index (κ1) is 15.0. The third-order valence-electron chi connectivity index (χ3n) is 4.16. The van der Waals surface area contributed by atoms with Crippen LogP contribution in [-0.4, -0.2) is 25.3 Å². The van der Waals surface area contributed by atoms with Crippen LogP contribution in [0, 0.1) is 0 Å². The number of ether oxygens (including phenoxy) is 1. The van der Waals surface area contributed by atoms with Crippen LogP contribution in [0.15, 0.2) is 0 Å². The van der Waals surface area contributed by atoms with Gasteiger partial charge in [0.15, 0.2) is 0 Å². The molecule has 0 bridgehead atoms. The first-order valence-electron chi connectivity index (χ1n) is 7.55. The fourth-order valence-corrected chi connectivity index (χ4v) is 2.78. The van der Waals surface area contributed by atoms with E-state index >= 15 is 0 Å². The summed E-state index contributed by atoms with van der Waals surface area (Å²) in [5.74, 6) is 0. The van der Waals surface area contributed by atoms with Crippen LogP contribution in [-0.2, 0) is 4.74 Å². The van der Waals surface area contributed by atoms with Crippen LogP contribution >= 0.6 is 0 Å². The fraction of sp³-hybridized carbons (Fsp3) is 1.00. The van der Waals surface area contributed by atoms with Gasteiger partial charge in [-0.3, -0.25) is 0 Å². The molecule has 17 heavy (non-hydrogen) atoms. The third-order valence-corrected chi connectivity index (χ3v) is 4.16. The minimum Gasteiger partial charge on any atom is -0.378 e. The van der Waals surface area contributed by atoms with Gasteiger partial charge in [-0.1, -0.05) is 33.1 Å². The predicted molar refractivity (Wildman–Crippen MR) is 74.4 cm³/mol. The predicted octanol–water partition coefficient (Wildman–Crippen LogP) is 3.89. The lowest BCUT2D eigenvalue weighted by Crippen LogP contribution is -2.46. The van der Waals surface area contributed by atoms with E-state index in [9.17, 15) is 0 Å². The summed E-state index contributed by atoms with van der Waals surface area (Å²) in [5.41, 5.74) is 0.220. The lowest BCUT2D eigenvalue weighted by molar-refractivity contribution is -0.0839. The minimum atomic E-state index is 0.220. The van der Waals surface area contributed by atoms with Crippen LogP contribution in [0.2, 0.25) is 0 Å². The summed E-state index contributed by atoms with van der Waals surface area (Å²) in [4.78, 5) is 0. The Labute approximate surface area is 108 Å². The number of hydrogen-bond acceptors (Lipinski definition) is 2. The van der Waals surface area contributed by atoms with Gasteiger partial charge in [0.2, 0.25) is 0 Å². The van der Waals surface area contributed by atoms with E-state index in [2.05, 4.69) is 19.2 Å². The summed E-state index contributed by atoms with van der Waals surface area (Å²) in [5, 5.41) is 3.71. The van der Waals surface area contributed by atoms with Crippen molar-refractivity contribution in [3.8, 4) is 0 Å². The van der Waals surface area contributed by atoms with Crippen molar-refractivity contribution in [1.29, 1.82) is 0 Å². The van der Waals surface area contributed by atoms with Crippen LogP contribution in [0.3, 0.4) is 0 Å². The van der Waals surface area contributed by atoms with Gasteiger partial charge in [0, 0.05) is 13.2 Å². The van der Waals surface area contributed by atoms with Gasteiger partial charge in [-0.25, -0.2) is 0 Å². The summed E-state index contributed by atoms with van der Waals surface area (Å²) in [6.07, 6.45) is 11.7. The topological polar surface area (TPSA) is 21.3 Å². The monoisotopic (exact) mass is 241 g/mol. The summed E-state index contributed by atoms with van der Waals surface area (Å²) < 4.78 is 5.75. The highest BCUT2D eigenvalue weighted by Gasteiger charge is 2.38. The molecule has 0 radical (unpaired) electrons. The molecular weight excluding hydrogens is 210 g/mol. The molecule has 0 aliphatic heterocycles. The molecule has 1 fully saturated rings. The zero-order valence-electron chi connectivity index (χ0n) is 12.1. The Morgan fingerprint density at radius 1 is 1.18 bits per heavy atom. The lowest BCUT2D eigenvalue weighted by atomic mass is 9.75. The first-order chi connectivity index (χ1) is 8.26. The molecule has 2 heteroatoms. The smallest absolute Gasteiger partial charge is 0.0693 e. The third kappa shape index (κ3) is 4.97. The summed E-state index contributed by atoms with van der Waals surface area (Å²) in [7, 11) is 1.89. The molecule has 2 nitrogen and oxygen atoms in total. The van der Waals surface area contributed by atoms with Gasteiger partial charge < -0.3 is 10.1 Å². The second-order valence-corrected chi connectivity index (χ2v) is 5.59. The first-order valence-corrected chi connectivity index (χ1v) is 7.55. The standard InChI is InChI=1S/C15H31NO/c1-4-6-7-9-14(16-12-5-2)13-15(17-3)10-8-11-15/h14,16H,4-13H2,1-3H3. The molecule has 0 spiro atoms. The molecule has 1 unspecified atom stereocenters. The second-order valence-electron chi connectivity index (χ2n) is 5.59. The molecule has 1 aliphatic rings. The molecule has 0 heterocycles. The zero-order valence-corrected chi connectivity index (χ0v) is 12.1. The van der Waals surface area contributed by atoms with Crippen molar-refractivity contribution in [2.45, 2.75) is 83.3 Å². The normalized spacial score (nSPS) is 19.9. The van der Waals surface area contributed by atoms with Crippen molar-refractivity contribution in [3.05, 3.63) is 0 Å². The van der Waals surface area contributed by atoms with Gasteiger partial charge in [-0.15, -0.1) is 0 Å². The number of methoxy groups -OCH3 is 1. The number of rotatable bonds is 10. The Bertz CT molecular complexity index is 184. The average Bonchev–Trinajstić information content (AvgIpc) is 2.30. The van der Waals surface area contributed by atoms with Gasteiger partial charge in [-0.2, -0.15) is 0 Å². The quantitative estimate of drug-likeness (QED) is 0.586. The van der Waals surface area contributed by atoms with E-state index in [0.717, 1.165) is 6.54 Å². The Kier molecular flexibility index (Phi) is 7.14. The van der Waals surface area contributed by atoms with Crippen LogP contribution in [0.1, 0.15) is 71.6 Å². The molecule has 0 saturated heterocycles. The molecule has 102 valence electrons. The minimum absolute atomic E-state index is 0.220. The SMILES string of the molecule is CCCCCC(CC1(OC)CCC1)NCCC. The van der Waals surface area contributed by atoms with Crippen molar-refractivity contribution in [3.63, 3.8) is 0 Å². The molecule has 0 aromatic heterocycles. The highest BCUT2D eigenvalue weighted by molar-refractivity contribution is 4.93. The molecule has 1 atom stereocenters. The van der Waals surface area contributed by atoms with Gasteiger partial charge >= 0.3 is 0 Å². The summed E-state index contributed by atoms with van der Waals surface area (Å²) in [6, 6.07) is 0.668. The second kappa shape index (κ2) is 8.10. The van der Waals surface area contributed by atoms with E-state index in [4.69, 9.17) is 4.74 Å². The average molecular weight is 241 g/mol. The largest absolute Gasteiger partial charge is 0.378 e. The van der Waals surface area contributed by atoms with Crippen molar-refractivity contribution < 1.29 is 4.74 Å². The fourth-order valence-electron chi connectivity index (χ4n) is 2.78. The van der Waals surface area contributed by atoms with E-state index < -0.39 is 0 Å². The van der Waals surface area contributed by atoms with Crippen molar-refractivity contribution >= 4 is 0 Å². The van der Waals surface area contributed by atoms with Crippen LogP contribution in [0.4, 0.5) is 0 Å². The molecule has 1 rings (SSSR count). The van der Waals surface area contributed by atoms with E-state index in [1.807, 2.05) is 7.11 Å². The molecule has 1 N–H and O–H groups in total. The molecule has 0 aromatic carbocycles. The molecule has 0 aromatic rings. The maximum Gasteiger partial charge on any atom is 0.0693 e. The lowest BCUT2D eigenvalue weighted by Gasteiger charge is -2.43. The van der Waals surface area contributed by atoms with Crippen LogP contribution < -0.4 is 5.32 Å². The summed E-state index contributed by atoms with van der Waals surface area (Å²) >= 11 is 0. The van der Waals surface area contributed by atoms with Gasteiger partial charge in [0.25, 0.3) is 0 Å². The van der Waals surface area contributed by atoms with E-state index in [1.165, 1.54) is 57.8 Å². The van der Waals surface area contributed by atoms with Crippen LogP contribution in [0.5, 0.6) is 0 Å². The Morgan fingerprint density at radius 3 is 2.41 bits per heavy atom. The Hall–Kier alpha value is -0.0800. The summed E-state index contributed by atoms with van der Waals surface area (Å²) in [6.45, 7) is 5.67. The van der Waals surface area contributed by atoms with E-state index in [-0.39, 0.29) is 5.60 Å². The number of hydrogen-bond donors (Lipinski definition) is 1. The Balaban J connectivity index is 2.33. The van der Waals surface area contributed by atoms with E-state index in [0.29, 0.717) is 6.04 Å². The molecular formula is C15H31NO. The molecule has 1 aliphatic carbocycles. The van der Waals surface area contributed by atoms with E-state index in [1.54, 1.807) is 0 Å². The maximum atomic E-state index is 5.75. The van der Waals surface area contributed by atoms with Crippen molar-refractivity contribution in [2.24, 2.45) is 0 Å².